The zero-order valence-corrected chi connectivity index (χ0v) is 13.6. The van der Waals surface area contributed by atoms with Gasteiger partial charge in [0.2, 0.25) is 0 Å². The second kappa shape index (κ2) is 5.72. The molecule has 0 saturated heterocycles. The lowest BCUT2D eigenvalue weighted by Crippen LogP contribution is -2.21. The number of anilines is 1. The van der Waals surface area contributed by atoms with Crippen LogP contribution in [0.5, 0.6) is 0 Å². The summed E-state index contributed by atoms with van der Waals surface area (Å²) in [4.78, 5) is 0. The van der Waals surface area contributed by atoms with E-state index in [1.165, 1.54) is 23.2 Å². The number of aryl methyl sites for hydroxylation is 1. The number of rotatable bonds is 3. The minimum absolute atomic E-state index is 0.327. The van der Waals surface area contributed by atoms with E-state index in [0.717, 1.165) is 23.6 Å². The number of nitrogens with one attached hydrogen (secondary N) is 1. The molecular formula is C17H22ClN3. The molecule has 2 aromatic rings. The number of benzene rings is 1. The van der Waals surface area contributed by atoms with Crippen LogP contribution in [0.3, 0.4) is 0 Å². The van der Waals surface area contributed by atoms with Crippen LogP contribution in [-0.4, -0.2) is 15.8 Å². The summed E-state index contributed by atoms with van der Waals surface area (Å²) in [5.74, 6) is 0. The lowest BCUT2D eigenvalue weighted by atomic mass is 9.96. The minimum atomic E-state index is 0.327. The monoisotopic (exact) mass is 303 g/mol. The van der Waals surface area contributed by atoms with Crippen LogP contribution in [0.25, 0.3) is 0 Å². The third-order valence-electron chi connectivity index (χ3n) is 4.13. The highest BCUT2D eigenvalue weighted by Crippen LogP contribution is 2.28. The van der Waals surface area contributed by atoms with Crippen molar-refractivity contribution in [2.45, 2.75) is 52.1 Å². The molecule has 1 N–H and O–H groups in total. The van der Waals surface area contributed by atoms with Crippen molar-refractivity contribution in [2.75, 3.05) is 5.32 Å². The second-order valence-electron chi connectivity index (χ2n) is 6.23. The third-order valence-corrected chi connectivity index (χ3v) is 4.44. The Hall–Kier alpha value is -1.48. The summed E-state index contributed by atoms with van der Waals surface area (Å²) in [6.45, 7) is 6.49. The SMILES string of the molecule is CC1CCc2cc(Cc3c(Cl)cnn3C(C)C)ccc2N1. The smallest absolute Gasteiger partial charge is 0.0821 e. The summed E-state index contributed by atoms with van der Waals surface area (Å²) in [5.41, 5.74) is 5.09. The van der Waals surface area contributed by atoms with Gasteiger partial charge in [-0.25, -0.2) is 0 Å². The number of aromatic nitrogens is 2. The molecular weight excluding hydrogens is 282 g/mol. The predicted octanol–water partition coefficient (Wildman–Crippen LogP) is 4.45. The van der Waals surface area contributed by atoms with Gasteiger partial charge in [-0.15, -0.1) is 0 Å². The van der Waals surface area contributed by atoms with E-state index in [9.17, 15) is 0 Å². The average Bonchev–Trinajstić information content (AvgIpc) is 2.80. The van der Waals surface area contributed by atoms with Gasteiger partial charge in [-0.1, -0.05) is 23.7 Å². The Kier molecular flexibility index (Phi) is 3.94. The van der Waals surface area contributed by atoms with E-state index in [0.29, 0.717) is 12.1 Å². The molecule has 2 heterocycles. The molecule has 1 atom stereocenters. The molecule has 0 fully saturated rings. The first-order chi connectivity index (χ1) is 10.0. The van der Waals surface area contributed by atoms with Crippen LogP contribution in [-0.2, 0) is 12.8 Å². The maximum Gasteiger partial charge on any atom is 0.0821 e. The average molecular weight is 304 g/mol. The number of hydrogen-bond donors (Lipinski definition) is 1. The standard InChI is InChI=1S/C17H22ClN3/c1-11(2)21-17(15(18)10-19-21)9-13-5-7-16-14(8-13)6-4-12(3)20-16/h5,7-8,10-12,20H,4,6,9H2,1-3H3. The van der Waals surface area contributed by atoms with E-state index < -0.39 is 0 Å². The summed E-state index contributed by atoms with van der Waals surface area (Å²) in [7, 11) is 0. The van der Waals surface area contributed by atoms with Crippen LogP contribution in [0.2, 0.25) is 5.02 Å². The fourth-order valence-corrected chi connectivity index (χ4v) is 3.18. The zero-order chi connectivity index (χ0) is 15.0. The largest absolute Gasteiger partial charge is 0.382 e. The fourth-order valence-electron chi connectivity index (χ4n) is 2.98. The molecule has 1 aliphatic rings. The van der Waals surface area contributed by atoms with Gasteiger partial charge >= 0.3 is 0 Å². The molecule has 4 heteroatoms. The normalized spacial score (nSPS) is 17.7. The Morgan fingerprint density at radius 2 is 2.24 bits per heavy atom. The van der Waals surface area contributed by atoms with Crippen LogP contribution in [0, 0.1) is 0 Å². The van der Waals surface area contributed by atoms with Gasteiger partial charge < -0.3 is 5.32 Å². The minimum Gasteiger partial charge on any atom is -0.382 e. The van der Waals surface area contributed by atoms with Gasteiger partial charge in [0.05, 0.1) is 16.9 Å². The predicted molar refractivity (Wildman–Crippen MR) is 88.3 cm³/mol. The molecule has 1 unspecified atom stereocenters. The number of hydrogen-bond acceptors (Lipinski definition) is 2. The van der Waals surface area contributed by atoms with Crippen LogP contribution < -0.4 is 5.32 Å². The molecule has 3 rings (SSSR count). The van der Waals surface area contributed by atoms with Gasteiger partial charge in [0.15, 0.2) is 0 Å². The first-order valence-electron chi connectivity index (χ1n) is 7.65. The topological polar surface area (TPSA) is 29.9 Å². The molecule has 0 spiro atoms. The van der Waals surface area contributed by atoms with Crippen molar-refractivity contribution in [3.63, 3.8) is 0 Å². The number of fused-ring (bicyclic) bond motifs is 1. The van der Waals surface area contributed by atoms with Crippen molar-refractivity contribution >= 4 is 17.3 Å². The van der Waals surface area contributed by atoms with Crippen LogP contribution >= 0.6 is 11.6 Å². The van der Waals surface area contributed by atoms with Crippen molar-refractivity contribution in [3.05, 3.63) is 46.2 Å². The summed E-state index contributed by atoms with van der Waals surface area (Å²) in [6.07, 6.45) is 4.92. The Bertz CT molecular complexity index is 645. The van der Waals surface area contributed by atoms with Gasteiger partial charge in [-0.3, -0.25) is 4.68 Å². The fraction of sp³-hybridized carbons (Fsp3) is 0.471. The van der Waals surface area contributed by atoms with E-state index in [1.807, 2.05) is 4.68 Å². The molecule has 21 heavy (non-hydrogen) atoms. The summed E-state index contributed by atoms with van der Waals surface area (Å²) >= 11 is 6.31. The number of halogens is 1. The van der Waals surface area contributed by atoms with Gasteiger partial charge in [-0.05, 0) is 50.8 Å². The van der Waals surface area contributed by atoms with E-state index in [4.69, 9.17) is 11.6 Å². The van der Waals surface area contributed by atoms with E-state index >= 15 is 0 Å². The summed E-state index contributed by atoms with van der Waals surface area (Å²) < 4.78 is 2.02. The molecule has 0 amide bonds. The maximum atomic E-state index is 6.31. The van der Waals surface area contributed by atoms with Crippen molar-refractivity contribution in [1.82, 2.24) is 9.78 Å². The molecule has 0 aliphatic carbocycles. The van der Waals surface area contributed by atoms with Crippen molar-refractivity contribution in [2.24, 2.45) is 0 Å². The van der Waals surface area contributed by atoms with Gasteiger partial charge in [0, 0.05) is 24.2 Å². The van der Waals surface area contributed by atoms with Gasteiger partial charge in [-0.2, -0.15) is 5.10 Å². The molecule has 0 radical (unpaired) electrons. The van der Waals surface area contributed by atoms with Crippen molar-refractivity contribution < 1.29 is 0 Å². The lowest BCUT2D eigenvalue weighted by molar-refractivity contribution is 0.513. The lowest BCUT2D eigenvalue weighted by Gasteiger charge is -2.24. The second-order valence-corrected chi connectivity index (χ2v) is 6.64. The Morgan fingerprint density at radius 3 is 3.00 bits per heavy atom. The van der Waals surface area contributed by atoms with Crippen LogP contribution in [0.4, 0.5) is 5.69 Å². The van der Waals surface area contributed by atoms with Gasteiger partial charge in [0.1, 0.15) is 0 Å². The van der Waals surface area contributed by atoms with Crippen molar-refractivity contribution in [1.29, 1.82) is 0 Å². The molecule has 112 valence electrons. The molecule has 1 aromatic carbocycles. The highest BCUT2D eigenvalue weighted by atomic mass is 35.5. The summed E-state index contributed by atoms with van der Waals surface area (Å²) in [6, 6.07) is 7.59. The molecule has 0 saturated carbocycles. The molecule has 3 nitrogen and oxygen atoms in total. The first kappa shape index (κ1) is 14.5. The molecule has 1 aromatic heterocycles. The third kappa shape index (κ3) is 2.93. The number of nitrogens with zero attached hydrogens (tertiary/aromatic N) is 2. The van der Waals surface area contributed by atoms with E-state index in [2.05, 4.69) is 49.4 Å². The van der Waals surface area contributed by atoms with E-state index in [1.54, 1.807) is 6.20 Å². The Morgan fingerprint density at radius 1 is 1.43 bits per heavy atom. The Labute approximate surface area is 131 Å². The van der Waals surface area contributed by atoms with Crippen LogP contribution in [0.1, 0.15) is 50.1 Å². The highest BCUT2D eigenvalue weighted by Gasteiger charge is 2.16. The molecule has 1 aliphatic heterocycles. The van der Waals surface area contributed by atoms with Gasteiger partial charge in [0.25, 0.3) is 0 Å². The maximum absolute atomic E-state index is 6.31. The summed E-state index contributed by atoms with van der Waals surface area (Å²) in [5, 5.41) is 8.68. The van der Waals surface area contributed by atoms with E-state index in [-0.39, 0.29) is 0 Å². The van der Waals surface area contributed by atoms with Crippen LogP contribution in [0.15, 0.2) is 24.4 Å². The first-order valence-corrected chi connectivity index (χ1v) is 8.02. The molecule has 0 bridgehead atoms. The van der Waals surface area contributed by atoms with Crippen molar-refractivity contribution in [3.8, 4) is 0 Å². The quantitative estimate of drug-likeness (QED) is 0.907. The zero-order valence-electron chi connectivity index (χ0n) is 12.9. The highest BCUT2D eigenvalue weighted by molar-refractivity contribution is 6.31. The Balaban J connectivity index is 1.88.